The van der Waals surface area contributed by atoms with Crippen LogP contribution in [0.1, 0.15) is 5.56 Å². The Morgan fingerprint density at radius 3 is 2.48 bits per heavy atom. The molecular formula is C13H8Br2ClFN2O2. The second kappa shape index (κ2) is 6.64. The molecule has 0 unspecified atom stereocenters. The molecule has 0 radical (unpaired) electrons. The Labute approximate surface area is 141 Å². The molecule has 0 spiro atoms. The van der Waals surface area contributed by atoms with Gasteiger partial charge in [-0.1, -0.05) is 16.8 Å². The Morgan fingerprint density at radius 2 is 1.86 bits per heavy atom. The first-order valence-electron chi connectivity index (χ1n) is 5.52. The predicted molar refractivity (Wildman–Crippen MR) is 85.8 cm³/mol. The van der Waals surface area contributed by atoms with Crippen molar-refractivity contribution in [2.75, 3.05) is 0 Å². The second-order valence-electron chi connectivity index (χ2n) is 3.93. The highest BCUT2D eigenvalue weighted by atomic mass is 79.9. The Hall–Kier alpha value is -1.31. The molecule has 0 aromatic heterocycles. The van der Waals surface area contributed by atoms with Crippen molar-refractivity contribution in [2.24, 2.45) is 10.9 Å². The topological polar surface area (TPSA) is 67.8 Å². The summed E-state index contributed by atoms with van der Waals surface area (Å²) in [6.07, 6.45) is 0. The molecule has 0 atom stereocenters. The van der Waals surface area contributed by atoms with E-state index in [-0.39, 0.29) is 16.6 Å². The van der Waals surface area contributed by atoms with E-state index in [1.165, 1.54) is 12.1 Å². The monoisotopic (exact) mass is 436 g/mol. The van der Waals surface area contributed by atoms with Gasteiger partial charge < -0.3 is 15.7 Å². The van der Waals surface area contributed by atoms with Gasteiger partial charge in [0.05, 0.1) is 14.0 Å². The van der Waals surface area contributed by atoms with Gasteiger partial charge in [0.15, 0.2) is 5.84 Å². The fourth-order valence-electron chi connectivity index (χ4n) is 1.50. The molecule has 0 aliphatic carbocycles. The Bertz CT molecular complexity index is 726. The van der Waals surface area contributed by atoms with Crippen molar-refractivity contribution in [1.29, 1.82) is 0 Å². The molecule has 0 amide bonds. The number of nitrogens with two attached hydrogens (primary N) is 1. The second-order valence-corrected chi connectivity index (χ2v) is 6.05. The van der Waals surface area contributed by atoms with E-state index < -0.39 is 5.82 Å². The van der Waals surface area contributed by atoms with Crippen LogP contribution < -0.4 is 10.5 Å². The van der Waals surface area contributed by atoms with Crippen molar-refractivity contribution in [3.8, 4) is 11.5 Å². The fourth-order valence-corrected chi connectivity index (χ4v) is 2.68. The van der Waals surface area contributed by atoms with Gasteiger partial charge >= 0.3 is 0 Å². The first kappa shape index (κ1) is 16.1. The van der Waals surface area contributed by atoms with Gasteiger partial charge in [-0.05, 0) is 56.1 Å². The molecule has 0 aliphatic heterocycles. The Morgan fingerprint density at radius 1 is 1.19 bits per heavy atom. The van der Waals surface area contributed by atoms with Crippen LogP contribution in [0.2, 0.25) is 5.02 Å². The zero-order valence-corrected chi connectivity index (χ0v) is 14.2. The van der Waals surface area contributed by atoms with Crippen LogP contribution in [0.5, 0.6) is 11.5 Å². The molecule has 110 valence electrons. The zero-order chi connectivity index (χ0) is 15.6. The van der Waals surface area contributed by atoms with Crippen LogP contribution in [0.3, 0.4) is 0 Å². The van der Waals surface area contributed by atoms with Gasteiger partial charge in [0.25, 0.3) is 0 Å². The van der Waals surface area contributed by atoms with Crippen molar-refractivity contribution >= 4 is 49.3 Å². The molecule has 0 heterocycles. The number of ether oxygens (including phenoxy) is 1. The van der Waals surface area contributed by atoms with Crippen LogP contribution in [0.15, 0.2) is 44.4 Å². The Balaban J connectivity index is 2.34. The molecule has 21 heavy (non-hydrogen) atoms. The van der Waals surface area contributed by atoms with E-state index in [0.717, 1.165) is 0 Å². The number of halogens is 4. The summed E-state index contributed by atoms with van der Waals surface area (Å²) < 4.78 is 20.2. The number of hydrogen-bond donors (Lipinski definition) is 2. The van der Waals surface area contributed by atoms with Gasteiger partial charge in [-0.3, -0.25) is 0 Å². The zero-order valence-electron chi connectivity index (χ0n) is 10.3. The fraction of sp³-hybridized carbons (Fsp3) is 0. The van der Waals surface area contributed by atoms with Gasteiger partial charge in [-0.25, -0.2) is 4.39 Å². The van der Waals surface area contributed by atoms with Crippen molar-refractivity contribution < 1.29 is 14.3 Å². The maximum atomic E-state index is 13.5. The smallest absolute Gasteiger partial charge is 0.170 e. The first-order valence-corrected chi connectivity index (χ1v) is 7.48. The Kier molecular flexibility index (Phi) is 5.08. The van der Waals surface area contributed by atoms with Crippen molar-refractivity contribution in [1.82, 2.24) is 0 Å². The van der Waals surface area contributed by atoms with E-state index in [0.29, 0.717) is 20.3 Å². The summed E-state index contributed by atoms with van der Waals surface area (Å²) in [4.78, 5) is 0. The van der Waals surface area contributed by atoms with Crippen LogP contribution in [0.25, 0.3) is 0 Å². The maximum absolute atomic E-state index is 13.5. The lowest BCUT2D eigenvalue weighted by Crippen LogP contribution is -2.12. The molecule has 8 heteroatoms. The van der Waals surface area contributed by atoms with Crippen molar-refractivity contribution in [3.63, 3.8) is 0 Å². The van der Waals surface area contributed by atoms with Gasteiger partial charge in [0.1, 0.15) is 17.3 Å². The predicted octanol–water partition coefficient (Wildman–Crippen LogP) is 4.89. The van der Waals surface area contributed by atoms with Crippen LogP contribution in [0, 0.1) is 5.82 Å². The molecule has 4 nitrogen and oxygen atoms in total. The van der Waals surface area contributed by atoms with Gasteiger partial charge in [-0.15, -0.1) is 0 Å². The summed E-state index contributed by atoms with van der Waals surface area (Å²) in [5.41, 5.74) is 6.01. The standard InChI is InChI=1S/C13H8Br2ClFN2O2/c14-7-3-6(13(18)19-20)1-2-11(7)21-12-5-10(17)9(16)4-8(12)15/h1-5,20H,(H2,18,19). The SMILES string of the molecule is N/C(=N/O)c1ccc(Oc2cc(F)c(Cl)cc2Br)c(Br)c1. The van der Waals surface area contributed by atoms with Crippen LogP contribution >= 0.6 is 43.5 Å². The normalized spacial score (nSPS) is 11.5. The quantitative estimate of drug-likeness (QED) is 0.236. The van der Waals surface area contributed by atoms with Crippen LogP contribution in [-0.2, 0) is 0 Å². The van der Waals surface area contributed by atoms with E-state index in [1.54, 1.807) is 18.2 Å². The van der Waals surface area contributed by atoms with Crippen molar-refractivity contribution in [2.45, 2.75) is 0 Å². The molecule has 0 aliphatic rings. The molecule has 0 saturated carbocycles. The van der Waals surface area contributed by atoms with Gasteiger partial charge in [-0.2, -0.15) is 0 Å². The number of benzene rings is 2. The highest BCUT2D eigenvalue weighted by molar-refractivity contribution is 9.11. The van der Waals surface area contributed by atoms with Crippen LogP contribution in [-0.4, -0.2) is 11.0 Å². The molecule has 3 N–H and O–H groups in total. The van der Waals surface area contributed by atoms with E-state index >= 15 is 0 Å². The van der Waals surface area contributed by atoms with Gasteiger partial charge in [0.2, 0.25) is 0 Å². The van der Waals surface area contributed by atoms with E-state index in [1.807, 2.05) is 0 Å². The molecule has 0 saturated heterocycles. The van der Waals surface area contributed by atoms with Crippen molar-refractivity contribution in [3.05, 3.63) is 55.7 Å². The lowest BCUT2D eigenvalue weighted by Gasteiger charge is -2.11. The lowest BCUT2D eigenvalue weighted by molar-refractivity contribution is 0.318. The molecule has 2 aromatic rings. The largest absolute Gasteiger partial charge is 0.455 e. The average Bonchev–Trinajstić information content (AvgIpc) is 2.45. The maximum Gasteiger partial charge on any atom is 0.170 e. The summed E-state index contributed by atoms with van der Waals surface area (Å²) in [6.45, 7) is 0. The van der Waals surface area contributed by atoms with E-state index in [2.05, 4.69) is 37.0 Å². The molecule has 0 fully saturated rings. The summed E-state index contributed by atoms with van der Waals surface area (Å²) in [5.74, 6) is 0.0984. The minimum atomic E-state index is -0.584. The summed E-state index contributed by atoms with van der Waals surface area (Å²) >= 11 is 12.2. The van der Waals surface area contributed by atoms with E-state index in [4.69, 9.17) is 27.3 Å². The summed E-state index contributed by atoms with van der Waals surface area (Å²) in [7, 11) is 0. The third-order valence-corrected chi connectivity index (χ3v) is 4.06. The highest BCUT2D eigenvalue weighted by Gasteiger charge is 2.11. The summed E-state index contributed by atoms with van der Waals surface area (Å²) in [6, 6.07) is 7.41. The summed E-state index contributed by atoms with van der Waals surface area (Å²) in [5, 5.41) is 11.5. The third kappa shape index (κ3) is 3.66. The minimum Gasteiger partial charge on any atom is -0.455 e. The number of rotatable bonds is 3. The third-order valence-electron chi connectivity index (χ3n) is 2.53. The molecule has 2 rings (SSSR count). The number of amidine groups is 1. The first-order chi connectivity index (χ1) is 9.92. The average molecular weight is 438 g/mol. The lowest BCUT2D eigenvalue weighted by atomic mass is 10.2. The number of hydrogen-bond acceptors (Lipinski definition) is 3. The van der Waals surface area contributed by atoms with Gasteiger partial charge in [0, 0.05) is 11.6 Å². The number of nitrogens with zero attached hydrogens (tertiary/aromatic N) is 1. The molecular weight excluding hydrogens is 430 g/mol. The molecule has 2 aromatic carbocycles. The number of oxime groups is 1. The van der Waals surface area contributed by atoms with E-state index in [9.17, 15) is 4.39 Å². The minimum absolute atomic E-state index is 0.00410. The van der Waals surface area contributed by atoms with Crippen LogP contribution in [0.4, 0.5) is 4.39 Å². The highest BCUT2D eigenvalue weighted by Crippen LogP contribution is 2.36. The molecule has 0 bridgehead atoms.